The van der Waals surface area contributed by atoms with Crippen molar-refractivity contribution in [2.45, 2.75) is 26.8 Å². The first-order valence-corrected chi connectivity index (χ1v) is 7.26. The summed E-state index contributed by atoms with van der Waals surface area (Å²) in [7, 11) is -3.64. The molecule has 0 bridgehead atoms. The third kappa shape index (κ3) is 8.06. The predicted octanol–water partition coefficient (Wildman–Crippen LogP) is -0.647. The maximum absolute atomic E-state index is 11.5. The lowest BCUT2D eigenvalue weighted by molar-refractivity contribution is -0.122. The van der Waals surface area contributed by atoms with Crippen LogP contribution in [0.5, 0.6) is 0 Å². The molecule has 1 unspecified atom stereocenters. The Morgan fingerprint density at radius 1 is 1.35 bits per heavy atom. The van der Waals surface area contributed by atoms with E-state index < -0.39 is 21.8 Å². The Labute approximate surface area is 107 Å². The number of carbonyl (C=O) groups is 1. The minimum atomic E-state index is -3.64. The molecule has 0 aromatic carbocycles. The Kier molecular flexibility index (Phi) is 6.58. The molecule has 0 heterocycles. The van der Waals surface area contributed by atoms with E-state index in [4.69, 9.17) is 5.73 Å². The molecule has 4 N–H and O–H groups in total. The number of hydrogen-bond acceptors (Lipinski definition) is 4. The van der Waals surface area contributed by atoms with Crippen LogP contribution in [0, 0.1) is 5.92 Å². The highest BCUT2D eigenvalue weighted by molar-refractivity contribution is 7.92. The average Bonchev–Trinajstić information content (AvgIpc) is 2.10. The van der Waals surface area contributed by atoms with Crippen LogP contribution in [0.25, 0.3) is 0 Å². The molecule has 17 heavy (non-hydrogen) atoms. The van der Waals surface area contributed by atoms with Gasteiger partial charge in [0.1, 0.15) is 5.75 Å². The molecule has 0 saturated carbocycles. The molecule has 0 saturated heterocycles. The zero-order valence-electron chi connectivity index (χ0n) is 10.2. The number of thiocarbonyl (C=S) groups is 1. The van der Waals surface area contributed by atoms with Gasteiger partial charge in [-0.2, -0.15) is 0 Å². The molecule has 1 atom stereocenters. The fraction of sp³-hybridized carbons (Fsp3) is 0.778. The van der Waals surface area contributed by atoms with Gasteiger partial charge in [-0.05, 0) is 12.8 Å². The number of carbonyl (C=O) groups excluding carboxylic acids is 1. The van der Waals surface area contributed by atoms with Crippen molar-refractivity contribution in [3.63, 3.8) is 0 Å². The van der Waals surface area contributed by atoms with Crippen LogP contribution in [-0.2, 0) is 14.8 Å². The zero-order chi connectivity index (χ0) is 13.6. The number of hydrogen-bond donors (Lipinski definition) is 3. The van der Waals surface area contributed by atoms with Crippen molar-refractivity contribution < 1.29 is 13.2 Å². The van der Waals surface area contributed by atoms with Crippen molar-refractivity contribution in [1.82, 2.24) is 10.0 Å². The molecule has 8 heteroatoms. The van der Waals surface area contributed by atoms with Crippen LogP contribution in [-0.4, -0.2) is 37.7 Å². The normalized spacial score (nSPS) is 13.4. The lowest BCUT2D eigenvalue weighted by atomic mass is 10.2. The zero-order valence-corrected chi connectivity index (χ0v) is 11.8. The van der Waals surface area contributed by atoms with Gasteiger partial charge in [0.05, 0.1) is 11.0 Å². The molecule has 0 spiro atoms. The molecule has 0 fully saturated rings. The number of rotatable bonds is 7. The van der Waals surface area contributed by atoms with E-state index in [0.717, 1.165) is 0 Å². The van der Waals surface area contributed by atoms with Gasteiger partial charge in [0.15, 0.2) is 0 Å². The first-order valence-electron chi connectivity index (χ1n) is 5.20. The van der Waals surface area contributed by atoms with Crippen molar-refractivity contribution >= 4 is 33.1 Å². The maximum atomic E-state index is 11.5. The molecular weight excluding hydrogens is 262 g/mol. The maximum Gasteiger partial charge on any atom is 0.237 e. The second-order valence-corrected chi connectivity index (χ2v) is 6.48. The summed E-state index contributed by atoms with van der Waals surface area (Å²) < 4.78 is 25.1. The van der Waals surface area contributed by atoms with E-state index in [9.17, 15) is 13.2 Å². The van der Waals surface area contributed by atoms with Crippen LogP contribution in [0.1, 0.15) is 20.8 Å². The molecule has 1 amide bonds. The van der Waals surface area contributed by atoms with Gasteiger partial charge in [-0.25, -0.2) is 13.1 Å². The number of nitrogens with two attached hydrogens (primary N) is 1. The summed E-state index contributed by atoms with van der Waals surface area (Å²) in [5.74, 6) is -0.519. The van der Waals surface area contributed by atoms with Crippen molar-refractivity contribution in [3.8, 4) is 0 Å². The molecule has 0 rings (SSSR count). The Morgan fingerprint density at radius 3 is 2.29 bits per heavy atom. The highest BCUT2D eigenvalue weighted by atomic mass is 32.2. The van der Waals surface area contributed by atoms with Crippen LogP contribution < -0.4 is 15.8 Å². The van der Waals surface area contributed by atoms with Crippen LogP contribution >= 0.6 is 12.2 Å². The largest absolute Gasteiger partial charge is 0.392 e. The number of sulfonamides is 1. The number of amides is 1. The van der Waals surface area contributed by atoms with Gasteiger partial charge in [0.2, 0.25) is 15.9 Å². The van der Waals surface area contributed by atoms with Gasteiger partial charge >= 0.3 is 0 Å². The highest BCUT2D eigenvalue weighted by Gasteiger charge is 2.20. The van der Waals surface area contributed by atoms with E-state index in [-0.39, 0.29) is 10.9 Å². The van der Waals surface area contributed by atoms with Crippen molar-refractivity contribution in [3.05, 3.63) is 0 Å². The predicted molar refractivity (Wildman–Crippen MR) is 71.0 cm³/mol. The second-order valence-electron chi connectivity index (χ2n) is 4.20. The minimum Gasteiger partial charge on any atom is -0.392 e. The summed E-state index contributed by atoms with van der Waals surface area (Å²) in [6.45, 7) is 5.86. The Hall–Kier alpha value is -0.730. The standard InChI is InChI=1S/C9H19N3O3S2/c1-6(2)4-11-9(13)7(3)12-17(14,15)5-8(10)16/h6-7,12H,4-5H2,1-3H3,(H2,10,16)(H,11,13). The van der Waals surface area contributed by atoms with Crippen molar-refractivity contribution in [2.75, 3.05) is 12.3 Å². The van der Waals surface area contributed by atoms with Crippen LogP contribution in [0.4, 0.5) is 0 Å². The molecule has 0 aliphatic carbocycles. The van der Waals surface area contributed by atoms with Gasteiger partial charge in [0, 0.05) is 6.54 Å². The van der Waals surface area contributed by atoms with Gasteiger partial charge in [-0.15, -0.1) is 0 Å². The Morgan fingerprint density at radius 2 is 1.88 bits per heavy atom. The van der Waals surface area contributed by atoms with E-state index in [1.807, 2.05) is 13.8 Å². The molecule has 0 aliphatic heterocycles. The van der Waals surface area contributed by atoms with Gasteiger partial charge in [-0.3, -0.25) is 4.79 Å². The van der Waals surface area contributed by atoms with Gasteiger partial charge in [0.25, 0.3) is 0 Å². The first kappa shape index (κ1) is 16.3. The molecule has 0 aromatic heterocycles. The summed E-state index contributed by atoms with van der Waals surface area (Å²) in [5, 5.41) is 2.63. The van der Waals surface area contributed by atoms with E-state index >= 15 is 0 Å². The lowest BCUT2D eigenvalue weighted by Gasteiger charge is -2.15. The summed E-state index contributed by atoms with van der Waals surface area (Å²) in [6.07, 6.45) is 0. The minimum absolute atomic E-state index is 0.132. The second kappa shape index (κ2) is 6.87. The smallest absolute Gasteiger partial charge is 0.237 e. The van der Waals surface area contributed by atoms with E-state index in [2.05, 4.69) is 22.3 Å². The summed E-state index contributed by atoms with van der Waals surface area (Å²) >= 11 is 4.51. The first-order chi connectivity index (χ1) is 7.64. The fourth-order valence-corrected chi connectivity index (χ4v) is 2.58. The van der Waals surface area contributed by atoms with Crippen LogP contribution in [0.3, 0.4) is 0 Å². The van der Waals surface area contributed by atoms with Gasteiger partial charge in [-0.1, -0.05) is 26.1 Å². The average molecular weight is 281 g/mol. The molecular formula is C9H19N3O3S2. The fourth-order valence-electron chi connectivity index (χ4n) is 1.01. The Bertz CT molecular complexity index is 379. The monoisotopic (exact) mass is 281 g/mol. The quantitative estimate of drug-likeness (QED) is 0.538. The van der Waals surface area contributed by atoms with E-state index in [1.54, 1.807) is 0 Å². The van der Waals surface area contributed by atoms with E-state index in [0.29, 0.717) is 12.5 Å². The van der Waals surface area contributed by atoms with Crippen molar-refractivity contribution in [2.24, 2.45) is 11.7 Å². The van der Waals surface area contributed by atoms with Crippen molar-refractivity contribution in [1.29, 1.82) is 0 Å². The summed E-state index contributed by atoms with van der Waals surface area (Å²) in [4.78, 5) is 11.4. The third-order valence-electron chi connectivity index (χ3n) is 1.77. The van der Waals surface area contributed by atoms with Crippen LogP contribution in [0.2, 0.25) is 0 Å². The molecule has 6 nitrogen and oxygen atoms in total. The van der Waals surface area contributed by atoms with Gasteiger partial charge < -0.3 is 11.1 Å². The Balaban J connectivity index is 4.29. The lowest BCUT2D eigenvalue weighted by Crippen LogP contribution is -2.47. The topological polar surface area (TPSA) is 101 Å². The third-order valence-corrected chi connectivity index (χ3v) is 3.50. The molecule has 0 radical (unpaired) electrons. The summed E-state index contributed by atoms with van der Waals surface area (Å²) in [5.41, 5.74) is 5.14. The molecule has 0 aliphatic rings. The summed E-state index contributed by atoms with van der Waals surface area (Å²) in [6, 6.07) is -0.840. The molecule has 100 valence electrons. The number of nitrogens with one attached hydrogen (secondary N) is 2. The molecule has 0 aromatic rings. The highest BCUT2D eigenvalue weighted by Crippen LogP contribution is 1.92. The van der Waals surface area contributed by atoms with E-state index in [1.165, 1.54) is 6.92 Å². The van der Waals surface area contributed by atoms with Crippen LogP contribution in [0.15, 0.2) is 0 Å². The SMILES string of the molecule is CC(C)CNC(=O)C(C)NS(=O)(=O)CC(N)=S.